The number of rotatable bonds is 8. The van der Waals surface area contributed by atoms with E-state index in [2.05, 4.69) is 0 Å². The van der Waals surface area contributed by atoms with Crippen LogP contribution in [0.3, 0.4) is 0 Å². The van der Waals surface area contributed by atoms with E-state index >= 15 is 0 Å². The quantitative estimate of drug-likeness (QED) is 0.384. The number of nitrogens with one attached hydrogen (secondary N) is 1. The van der Waals surface area contributed by atoms with E-state index in [9.17, 15) is 50.0 Å². The maximum Gasteiger partial charge on any atom is 0.414 e. The highest BCUT2D eigenvalue weighted by molar-refractivity contribution is 5.93. The lowest BCUT2D eigenvalue weighted by atomic mass is 9.89. The van der Waals surface area contributed by atoms with Crippen LogP contribution in [0.4, 0.5) is 27.5 Å². The summed E-state index contributed by atoms with van der Waals surface area (Å²) in [5.41, 5.74) is -5.85. The van der Waals surface area contributed by atoms with Crippen molar-refractivity contribution in [2.24, 2.45) is 5.92 Å². The lowest BCUT2D eigenvalue weighted by Gasteiger charge is -2.22. The third-order valence-corrected chi connectivity index (χ3v) is 5.86. The Hall–Kier alpha value is -5.02. The number of benzene rings is 2. The molecule has 1 N–H and O–H groups in total. The van der Waals surface area contributed by atoms with Gasteiger partial charge in [-0.25, -0.2) is 4.79 Å². The molecule has 1 aliphatic rings. The van der Waals surface area contributed by atoms with Gasteiger partial charge in [0.1, 0.15) is 0 Å². The van der Waals surface area contributed by atoms with E-state index < -0.39 is 77.6 Å². The molecule has 0 aromatic heterocycles. The van der Waals surface area contributed by atoms with Crippen molar-refractivity contribution in [3.63, 3.8) is 0 Å². The zero-order valence-corrected chi connectivity index (χ0v) is 18.9. The number of amides is 2. The van der Waals surface area contributed by atoms with Crippen LogP contribution in [0.2, 0.25) is 0 Å². The number of nitro benzene ring substituents is 4. The highest BCUT2D eigenvalue weighted by Gasteiger charge is 2.43. The van der Waals surface area contributed by atoms with Crippen molar-refractivity contribution >= 4 is 34.7 Å². The SMILES string of the molecule is O=C(NC(=O)C1CCCCC1)OC(c1c([N+](=O)[O-])cccc1[N+](=O)[O-])c1c([N+](=O)[O-])cccc1[N+](=O)[O-]. The van der Waals surface area contributed by atoms with E-state index in [4.69, 9.17) is 4.74 Å². The summed E-state index contributed by atoms with van der Waals surface area (Å²) >= 11 is 0. The number of alkyl carbamates (subject to hydrolysis) is 1. The van der Waals surface area contributed by atoms with E-state index in [1.165, 1.54) is 0 Å². The summed E-state index contributed by atoms with van der Waals surface area (Å²) in [6.07, 6.45) is -0.578. The largest absolute Gasteiger partial charge is 0.435 e. The predicted molar refractivity (Wildman–Crippen MR) is 123 cm³/mol. The molecule has 16 heteroatoms. The summed E-state index contributed by atoms with van der Waals surface area (Å²) in [6, 6.07) is 5.15. The van der Waals surface area contributed by atoms with Crippen molar-refractivity contribution in [2.45, 2.75) is 38.2 Å². The highest BCUT2D eigenvalue weighted by Crippen LogP contribution is 2.45. The van der Waals surface area contributed by atoms with Crippen molar-refractivity contribution in [1.29, 1.82) is 0 Å². The topological polar surface area (TPSA) is 228 Å². The van der Waals surface area contributed by atoms with Crippen molar-refractivity contribution in [3.8, 4) is 0 Å². The monoisotopic (exact) mass is 517 g/mol. The van der Waals surface area contributed by atoms with Crippen LogP contribution in [0.15, 0.2) is 36.4 Å². The molecule has 3 rings (SSSR count). The third-order valence-electron chi connectivity index (χ3n) is 5.86. The molecule has 0 unspecified atom stereocenters. The molecule has 2 aromatic carbocycles. The Morgan fingerprint density at radius 3 is 1.46 bits per heavy atom. The fraction of sp³-hybridized carbons (Fsp3) is 0.333. The second-order valence-corrected chi connectivity index (χ2v) is 8.06. The Kier molecular flexibility index (Phi) is 8.01. The molecule has 2 amide bonds. The summed E-state index contributed by atoms with van der Waals surface area (Å²) in [5, 5.41) is 48.9. The molecule has 0 heterocycles. The van der Waals surface area contributed by atoms with E-state index in [0.717, 1.165) is 55.7 Å². The Morgan fingerprint density at radius 1 is 0.730 bits per heavy atom. The molecule has 0 radical (unpaired) electrons. The number of imide groups is 1. The van der Waals surface area contributed by atoms with Gasteiger partial charge in [-0.3, -0.25) is 50.6 Å². The van der Waals surface area contributed by atoms with Gasteiger partial charge in [-0.2, -0.15) is 0 Å². The second kappa shape index (κ2) is 11.1. The van der Waals surface area contributed by atoms with E-state index in [1.54, 1.807) is 0 Å². The number of hydrogen-bond acceptors (Lipinski definition) is 11. The predicted octanol–water partition coefficient (Wildman–Crippen LogP) is 4.24. The molecule has 1 aliphatic carbocycles. The van der Waals surface area contributed by atoms with Crippen LogP contribution >= 0.6 is 0 Å². The number of hydrogen-bond donors (Lipinski definition) is 1. The Morgan fingerprint density at radius 2 is 1.11 bits per heavy atom. The van der Waals surface area contributed by atoms with Gasteiger partial charge in [0.15, 0.2) is 17.2 Å². The van der Waals surface area contributed by atoms with Gasteiger partial charge >= 0.3 is 6.09 Å². The molecule has 194 valence electrons. The van der Waals surface area contributed by atoms with Gasteiger partial charge < -0.3 is 4.74 Å². The number of nitro groups is 4. The summed E-state index contributed by atoms with van der Waals surface area (Å²) < 4.78 is 5.16. The summed E-state index contributed by atoms with van der Waals surface area (Å²) in [4.78, 5) is 68.0. The van der Waals surface area contributed by atoms with Crippen LogP contribution < -0.4 is 5.32 Å². The molecule has 16 nitrogen and oxygen atoms in total. The van der Waals surface area contributed by atoms with Crippen LogP contribution in [0.25, 0.3) is 0 Å². The normalized spacial score (nSPS) is 13.5. The average molecular weight is 517 g/mol. The van der Waals surface area contributed by atoms with E-state index in [-0.39, 0.29) is 0 Å². The first-order valence-corrected chi connectivity index (χ1v) is 10.9. The summed E-state index contributed by atoms with van der Waals surface area (Å²) in [5.74, 6) is -1.28. The van der Waals surface area contributed by atoms with Crippen molar-refractivity contribution in [2.75, 3.05) is 0 Å². The Balaban J connectivity index is 2.21. The molecule has 0 bridgehead atoms. The zero-order chi connectivity index (χ0) is 27.3. The molecule has 0 atom stereocenters. The van der Waals surface area contributed by atoms with Gasteiger partial charge in [-0.05, 0) is 25.0 Å². The lowest BCUT2D eigenvalue weighted by molar-refractivity contribution is -0.399. The van der Waals surface area contributed by atoms with Crippen LogP contribution in [-0.2, 0) is 9.53 Å². The molecular formula is C21H19N5O11. The first-order chi connectivity index (χ1) is 17.5. The molecule has 2 aromatic rings. The fourth-order valence-corrected chi connectivity index (χ4v) is 4.22. The molecule has 1 fully saturated rings. The smallest absolute Gasteiger partial charge is 0.414 e. The third kappa shape index (κ3) is 5.80. The number of nitrogens with zero attached hydrogens (tertiary/aromatic N) is 4. The van der Waals surface area contributed by atoms with Gasteiger partial charge in [0, 0.05) is 30.2 Å². The lowest BCUT2D eigenvalue weighted by Crippen LogP contribution is -2.37. The minimum absolute atomic E-state index is 0.480. The summed E-state index contributed by atoms with van der Waals surface area (Å²) in [7, 11) is 0. The van der Waals surface area contributed by atoms with Crippen molar-refractivity contribution in [1.82, 2.24) is 5.32 Å². The van der Waals surface area contributed by atoms with Crippen LogP contribution in [0.1, 0.15) is 49.3 Å². The standard InChI is InChI=1S/C21H19N5O11/c27-20(12-6-2-1-3-7-12)22-21(28)37-19(17-13(23(29)30)8-4-9-14(17)24(31)32)18-15(25(33)34)10-5-11-16(18)26(35)36/h4-5,8-12,19H,1-3,6-7H2,(H,22,27,28). The minimum Gasteiger partial charge on any atom is -0.435 e. The van der Waals surface area contributed by atoms with Crippen molar-refractivity contribution in [3.05, 3.63) is 88.0 Å². The van der Waals surface area contributed by atoms with Crippen LogP contribution in [0, 0.1) is 46.4 Å². The van der Waals surface area contributed by atoms with Gasteiger partial charge in [0.05, 0.1) is 19.7 Å². The second-order valence-electron chi connectivity index (χ2n) is 8.06. The molecule has 37 heavy (non-hydrogen) atoms. The van der Waals surface area contributed by atoms with Crippen LogP contribution in [-0.4, -0.2) is 31.7 Å². The van der Waals surface area contributed by atoms with E-state index in [1.807, 2.05) is 5.32 Å². The highest BCUT2D eigenvalue weighted by atomic mass is 16.6. The van der Waals surface area contributed by atoms with Crippen LogP contribution in [0.5, 0.6) is 0 Å². The Labute approximate surface area is 206 Å². The number of ether oxygens (including phenoxy) is 1. The molecule has 0 saturated heterocycles. The average Bonchev–Trinajstić information content (AvgIpc) is 2.86. The maximum absolute atomic E-state index is 12.7. The molecule has 0 spiro atoms. The van der Waals surface area contributed by atoms with Gasteiger partial charge in [0.25, 0.3) is 22.7 Å². The first-order valence-electron chi connectivity index (χ1n) is 10.9. The molecular weight excluding hydrogens is 498 g/mol. The first kappa shape index (κ1) is 26.6. The van der Waals surface area contributed by atoms with Gasteiger partial charge in [-0.1, -0.05) is 19.3 Å². The van der Waals surface area contributed by atoms with Crippen molar-refractivity contribution < 1.29 is 34.0 Å². The van der Waals surface area contributed by atoms with Gasteiger partial charge in [0.2, 0.25) is 5.91 Å². The molecule has 1 saturated carbocycles. The maximum atomic E-state index is 12.7. The van der Waals surface area contributed by atoms with E-state index in [0.29, 0.717) is 12.8 Å². The summed E-state index contributed by atoms with van der Waals surface area (Å²) in [6.45, 7) is 0. The zero-order valence-electron chi connectivity index (χ0n) is 18.9. The molecule has 0 aliphatic heterocycles. The fourth-order valence-electron chi connectivity index (χ4n) is 4.22. The number of carbonyl (C=O) groups is 2. The minimum atomic E-state index is -2.37. The number of carbonyl (C=O) groups excluding carboxylic acids is 2. The van der Waals surface area contributed by atoms with Gasteiger partial charge in [-0.15, -0.1) is 0 Å². The Bertz CT molecular complexity index is 1150.